The molecule has 0 aromatic carbocycles. The van der Waals surface area contributed by atoms with Crippen molar-refractivity contribution in [3.8, 4) is 6.07 Å². The van der Waals surface area contributed by atoms with Crippen LogP contribution in [0.2, 0.25) is 0 Å². The van der Waals surface area contributed by atoms with Crippen LogP contribution in [0.1, 0.15) is 11.4 Å². The Balaban J connectivity index is 0.00000289. The third-order valence-corrected chi connectivity index (χ3v) is 4.22. The van der Waals surface area contributed by atoms with Crippen LogP contribution in [0.5, 0.6) is 0 Å². The molecular formula is C18H10ClF4N7O2. The second-order valence-electron chi connectivity index (χ2n) is 6.28. The first-order valence-corrected chi connectivity index (χ1v) is 8.49. The molecular weight excluding hydrogens is 458 g/mol. The number of nitrogens with one attached hydrogen (secondary N) is 1. The number of amides is 1. The second kappa shape index (κ2) is 8.23. The van der Waals surface area contributed by atoms with E-state index in [4.69, 9.17) is 5.26 Å². The highest BCUT2D eigenvalue weighted by Gasteiger charge is 2.33. The van der Waals surface area contributed by atoms with Crippen molar-refractivity contribution in [3.05, 3.63) is 64.1 Å². The Hall–Kier alpha value is -4.05. The van der Waals surface area contributed by atoms with E-state index in [9.17, 15) is 27.2 Å². The highest BCUT2D eigenvalue weighted by molar-refractivity contribution is 5.90. The number of halogens is 5. The Morgan fingerprint density at radius 2 is 1.97 bits per heavy atom. The number of anilines is 1. The van der Waals surface area contributed by atoms with Crippen LogP contribution < -0.4 is 10.9 Å². The van der Waals surface area contributed by atoms with Gasteiger partial charge in [0.15, 0.2) is 11.3 Å². The van der Waals surface area contributed by atoms with Gasteiger partial charge in [-0.1, -0.05) is 0 Å². The summed E-state index contributed by atoms with van der Waals surface area (Å²) in [4.78, 5) is 32.5. The largest absolute Gasteiger partial charge is 0.433 e. The number of aromatic nitrogens is 5. The minimum Gasteiger partial charge on any atom is -0.309 e. The molecule has 0 aliphatic rings. The van der Waals surface area contributed by atoms with Crippen molar-refractivity contribution in [1.82, 2.24) is 24.1 Å². The van der Waals surface area contributed by atoms with Gasteiger partial charge in [-0.15, -0.1) is 12.4 Å². The predicted molar refractivity (Wildman–Crippen MR) is 105 cm³/mol. The third kappa shape index (κ3) is 4.08. The average molecular weight is 468 g/mol. The zero-order chi connectivity index (χ0) is 22.3. The molecule has 14 heteroatoms. The summed E-state index contributed by atoms with van der Waals surface area (Å²) in [5, 5.41) is 15.1. The maximum Gasteiger partial charge on any atom is 0.433 e. The Labute approximate surface area is 181 Å². The summed E-state index contributed by atoms with van der Waals surface area (Å²) in [6.45, 7) is -0.574. The van der Waals surface area contributed by atoms with E-state index < -0.39 is 41.3 Å². The number of hydrogen-bond acceptors (Lipinski definition) is 6. The maximum atomic E-state index is 13.1. The number of rotatable bonds is 3. The summed E-state index contributed by atoms with van der Waals surface area (Å²) in [6, 6.07) is 6.72. The van der Waals surface area contributed by atoms with Crippen molar-refractivity contribution >= 4 is 40.8 Å². The molecule has 1 amide bonds. The molecule has 0 spiro atoms. The van der Waals surface area contributed by atoms with Crippen molar-refractivity contribution in [2.24, 2.45) is 0 Å². The summed E-state index contributed by atoms with van der Waals surface area (Å²) in [6.07, 6.45) is -3.88. The lowest BCUT2D eigenvalue weighted by Gasteiger charge is -2.12. The van der Waals surface area contributed by atoms with E-state index in [1.807, 2.05) is 0 Å². The van der Waals surface area contributed by atoms with Gasteiger partial charge in [-0.05, 0) is 24.3 Å². The highest BCUT2D eigenvalue weighted by atomic mass is 35.5. The van der Waals surface area contributed by atoms with Crippen LogP contribution in [-0.2, 0) is 17.5 Å². The summed E-state index contributed by atoms with van der Waals surface area (Å²) in [5.74, 6) is -1.31. The molecule has 1 N–H and O–H groups in total. The standard InChI is InChI=1S/C18H9F4N7O2.ClH/c19-9-1-4-13(24-7-9)26-14(30)8-28-15-5-10(6-23)27-29(15)16-11(17(28)31)2-3-12(25-16)18(20,21)22;/h1-5,7H,8H2,(H,24,26,30);1H. The van der Waals surface area contributed by atoms with Crippen molar-refractivity contribution in [2.45, 2.75) is 12.7 Å². The Morgan fingerprint density at radius 1 is 1.22 bits per heavy atom. The van der Waals surface area contributed by atoms with E-state index in [1.54, 1.807) is 6.07 Å². The lowest BCUT2D eigenvalue weighted by atomic mass is 10.2. The molecule has 4 aromatic rings. The number of pyridine rings is 2. The van der Waals surface area contributed by atoms with Gasteiger partial charge in [0, 0.05) is 6.07 Å². The Kier molecular flexibility index (Phi) is 5.82. The summed E-state index contributed by atoms with van der Waals surface area (Å²) >= 11 is 0. The fourth-order valence-electron chi connectivity index (χ4n) is 2.89. The van der Waals surface area contributed by atoms with Crippen LogP contribution in [0.4, 0.5) is 23.4 Å². The molecule has 164 valence electrons. The first-order valence-electron chi connectivity index (χ1n) is 8.49. The molecule has 0 saturated heterocycles. The minimum absolute atomic E-state index is 0. The van der Waals surface area contributed by atoms with Crippen molar-refractivity contribution < 1.29 is 22.4 Å². The second-order valence-corrected chi connectivity index (χ2v) is 6.28. The summed E-state index contributed by atoms with van der Waals surface area (Å²) in [5.41, 5.74) is -2.76. The van der Waals surface area contributed by atoms with E-state index in [0.717, 1.165) is 33.5 Å². The average Bonchev–Trinajstić information content (AvgIpc) is 3.16. The molecule has 32 heavy (non-hydrogen) atoms. The number of fused-ring (bicyclic) bond motifs is 3. The van der Waals surface area contributed by atoms with Crippen LogP contribution in [0.15, 0.2) is 41.3 Å². The molecule has 0 bridgehead atoms. The zero-order valence-electron chi connectivity index (χ0n) is 15.6. The Bertz CT molecular complexity index is 1440. The van der Waals surface area contributed by atoms with Gasteiger partial charge in [-0.2, -0.15) is 28.0 Å². The fourth-order valence-corrected chi connectivity index (χ4v) is 2.89. The molecule has 0 saturated carbocycles. The quantitative estimate of drug-likeness (QED) is 0.463. The van der Waals surface area contributed by atoms with Crippen LogP contribution >= 0.6 is 12.4 Å². The summed E-state index contributed by atoms with van der Waals surface area (Å²) < 4.78 is 54.0. The smallest absolute Gasteiger partial charge is 0.309 e. The van der Waals surface area contributed by atoms with Crippen LogP contribution in [0, 0.1) is 17.1 Å². The van der Waals surface area contributed by atoms with Gasteiger partial charge < -0.3 is 5.32 Å². The van der Waals surface area contributed by atoms with Gasteiger partial charge in [0.05, 0.1) is 11.6 Å². The molecule has 4 heterocycles. The predicted octanol–water partition coefficient (Wildman–Crippen LogP) is 2.53. The molecule has 0 atom stereocenters. The van der Waals surface area contributed by atoms with Crippen LogP contribution in [0.3, 0.4) is 0 Å². The van der Waals surface area contributed by atoms with E-state index in [1.165, 1.54) is 6.07 Å². The number of carbonyl (C=O) groups excluding carboxylic acids is 1. The maximum absolute atomic E-state index is 13.1. The topological polar surface area (TPSA) is 118 Å². The van der Waals surface area contributed by atoms with Gasteiger partial charge in [-0.25, -0.2) is 14.4 Å². The fraction of sp³-hybridized carbons (Fsp3) is 0.111. The zero-order valence-corrected chi connectivity index (χ0v) is 16.4. The molecule has 4 rings (SSSR count). The molecule has 0 radical (unpaired) electrons. The summed E-state index contributed by atoms with van der Waals surface area (Å²) in [7, 11) is 0. The number of nitriles is 1. The van der Waals surface area contributed by atoms with E-state index >= 15 is 0 Å². The first kappa shape index (κ1) is 22.6. The van der Waals surface area contributed by atoms with Gasteiger partial charge in [0.2, 0.25) is 5.91 Å². The van der Waals surface area contributed by atoms with Crippen LogP contribution in [0.25, 0.3) is 16.7 Å². The molecule has 0 fully saturated rings. The first-order chi connectivity index (χ1) is 14.7. The lowest BCUT2D eigenvalue weighted by Crippen LogP contribution is -2.30. The lowest BCUT2D eigenvalue weighted by molar-refractivity contribution is -0.141. The molecule has 9 nitrogen and oxygen atoms in total. The SMILES string of the molecule is Cl.N#Cc1cc2n(CC(=O)Nc3ccc(F)cn3)c(=O)c3ccc(C(F)(F)F)nc3n2n1. The molecule has 4 aromatic heterocycles. The van der Waals surface area contributed by atoms with E-state index in [-0.39, 0.29) is 35.0 Å². The number of nitrogens with zero attached hydrogens (tertiary/aromatic N) is 6. The minimum atomic E-state index is -4.76. The van der Waals surface area contributed by atoms with E-state index in [0.29, 0.717) is 6.07 Å². The third-order valence-electron chi connectivity index (χ3n) is 4.22. The highest BCUT2D eigenvalue weighted by Crippen LogP contribution is 2.28. The number of alkyl halides is 3. The molecule has 0 aliphatic heterocycles. The normalized spacial score (nSPS) is 11.2. The van der Waals surface area contributed by atoms with Gasteiger partial charge in [0.25, 0.3) is 5.56 Å². The molecule has 0 aliphatic carbocycles. The van der Waals surface area contributed by atoms with Crippen molar-refractivity contribution in [3.63, 3.8) is 0 Å². The van der Waals surface area contributed by atoms with E-state index in [2.05, 4.69) is 20.4 Å². The van der Waals surface area contributed by atoms with Gasteiger partial charge in [0.1, 0.15) is 35.6 Å². The van der Waals surface area contributed by atoms with Crippen molar-refractivity contribution in [1.29, 1.82) is 5.26 Å². The van der Waals surface area contributed by atoms with Crippen molar-refractivity contribution in [2.75, 3.05) is 5.32 Å². The molecule has 0 unspecified atom stereocenters. The monoisotopic (exact) mass is 467 g/mol. The van der Waals surface area contributed by atoms with Gasteiger partial charge in [-0.3, -0.25) is 14.2 Å². The van der Waals surface area contributed by atoms with Gasteiger partial charge >= 0.3 is 6.18 Å². The Morgan fingerprint density at radius 3 is 2.59 bits per heavy atom. The number of hydrogen-bond donors (Lipinski definition) is 1. The van der Waals surface area contributed by atoms with Crippen LogP contribution in [-0.4, -0.2) is 30.1 Å². The number of carbonyl (C=O) groups is 1.